The van der Waals surface area contributed by atoms with E-state index >= 15 is 0 Å². The van der Waals surface area contributed by atoms with Gasteiger partial charge >= 0.3 is 5.97 Å². The van der Waals surface area contributed by atoms with Crippen molar-refractivity contribution in [1.29, 1.82) is 5.26 Å². The van der Waals surface area contributed by atoms with Crippen LogP contribution in [0.25, 0.3) is 5.57 Å². The number of carboxylic acid groups (broad SMARTS) is 1. The third-order valence-corrected chi connectivity index (χ3v) is 3.24. The maximum atomic E-state index is 13.0. The second kappa shape index (κ2) is 7.74. The van der Waals surface area contributed by atoms with Gasteiger partial charge in [-0.2, -0.15) is 10.4 Å². The molecule has 2 aromatic rings. The zero-order valence-corrected chi connectivity index (χ0v) is 12.7. The summed E-state index contributed by atoms with van der Waals surface area (Å²) >= 11 is 0. The first kappa shape index (κ1) is 17.0. The van der Waals surface area contributed by atoms with Crippen molar-refractivity contribution >= 4 is 11.5 Å². The molecular weight excluding hydrogens is 311 g/mol. The molecule has 0 aliphatic rings. The molecular formula is C17H15FN4O2. The number of nitrogens with zero attached hydrogens (tertiary/aromatic N) is 3. The number of nitrogens with two attached hydrogens (primary N) is 1. The molecule has 0 aliphatic heterocycles. The molecule has 0 radical (unpaired) electrons. The molecule has 0 bridgehead atoms. The van der Waals surface area contributed by atoms with Crippen LogP contribution < -0.4 is 5.73 Å². The van der Waals surface area contributed by atoms with Crippen molar-refractivity contribution in [3.05, 3.63) is 71.5 Å². The molecule has 24 heavy (non-hydrogen) atoms. The van der Waals surface area contributed by atoms with Gasteiger partial charge in [0.25, 0.3) is 0 Å². The fraction of sp³-hybridized carbons (Fsp3) is 0.118. The van der Waals surface area contributed by atoms with E-state index in [0.29, 0.717) is 23.4 Å². The highest BCUT2D eigenvalue weighted by molar-refractivity contribution is 5.74. The van der Waals surface area contributed by atoms with Crippen LogP contribution in [0, 0.1) is 17.1 Å². The van der Waals surface area contributed by atoms with Crippen LogP contribution in [-0.4, -0.2) is 20.9 Å². The number of aliphatic carboxylic acids is 1. The summed E-state index contributed by atoms with van der Waals surface area (Å²) in [6.45, 7) is -0.317. The number of rotatable bonds is 6. The van der Waals surface area contributed by atoms with Gasteiger partial charge in [0.1, 0.15) is 12.4 Å². The van der Waals surface area contributed by atoms with E-state index in [1.54, 1.807) is 18.2 Å². The summed E-state index contributed by atoms with van der Waals surface area (Å²) in [4.78, 5) is 11.0. The van der Waals surface area contributed by atoms with Crippen LogP contribution in [-0.2, 0) is 17.8 Å². The number of nitriles is 1. The molecule has 1 aromatic carbocycles. The standard InChI is InChI=1S/C17H15FN4O2/c18-14-3-1-12(2-4-14)9-15-10-16(13(5-7-19)6-8-20)21-22(15)11-17(23)24/h1-7,10H,9,11,19H2,(H,23,24)/b7-5-,13-6+. The molecule has 1 aromatic heterocycles. The van der Waals surface area contributed by atoms with Gasteiger partial charge in [-0.3, -0.25) is 9.48 Å². The Morgan fingerprint density at radius 1 is 1.42 bits per heavy atom. The molecule has 7 heteroatoms. The van der Waals surface area contributed by atoms with E-state index in [0.717, 1.165) is 5.56 Å². The Labute approximate surface area is 137 Å². The number of carbonyl (C=O) groups is 1. The van der Waals surface area contributed by atoms with Gasteiger partial charge in [-0.1, -0.05) is 12.1 Å². The molecule has 0 atom stereocenters. The van der Waals surface area contributed by atoms with Gasteiger partial charge in [0.15, 0.2) is 0 Å². The van der Waals surface area contributed by atoms with E-state index in [-0.39, 0.29) is 12.4 Å². The summed E-state index contributed by atoms with van der Waals surface area (Å²) in [5.41, 5.74) is 7.73. The maximum absolute atomic E-state index is 13.0. The Bertz CT molecular complexity index is 829. The minimum Gasteiger partial charge on any atom is -0.480 e. The van der Waals surface area contributed by atoms with E-state index in [1.165, 1.54) is 35.2 Å². The second-order valence-electron chi connectivity index (χ2n) is 4.96. The van der Waals surface area contributed by atoms with Crippen LogP contribution >= 0.6 is 0 Å². The Morgan fingerprint density at radius 3 is 2.71 bits per heavy atom. The first-order valence-electron chi connectivity index (χ1n) is 7.05. The number of halogens is 1. The zero-order chi connectivity index (χ0) is 17.5. The van der Waals surface area contributed by atoms with Gasteiger partial charge in [0.05, 0.1) is 11.8 Å². The summed E-state index contributed by atoms with van der Waals surface area (Å²) in [5.74, 6) is -1.38. The Balaban J connectivity index is 2.41. The van der Waals surface area contributed by atoms with Crippen LogP contribution in [0.5, 0.6) is 0 Å². The number of aromatic nitrogens is 2. The van der Waals surface area contributed by atoms with Crippen molar-refractivity contribution in [2.45, 2.75) is 13.0 Å². The van der Waals surface area contributed by atoms with E-state index in [1.807, 2.05) is 6.07 Å². The van der Waals surface area contributed by atoms with Crippen molar-refractivity contribution in [2.75, 3.05) is 0 Å². The monoisotopic (exact) mass is 326 g/mol. The Morgan fingerprint density at radius 2 is 2.12 bits per heavy atom. The molecule has 3 N–H and O–H groups in total. The van der Waals surface area contributed by atoms with Crippen molar-refractivity contribution in [2.24, 2.45) is 5.73 Å². The van der Waals surface area contributed by atoms with Gasteiger partial charge in [0.2, 0.25) is 0 Å². The van der Waals surface area contributed by atoms with Crippen molar-refractivity contribution in [1.82, 2.24) is 9.78 Å². The quantitative estimate of drug-likeness (QED) is 0.624. The molecule has 0 fully saturated rings. The molecule has 0 saturated heterocycles. The summed E-state index contributed by atoms with van der Waals surface area (Å²) < 4.78 is 14.3. The SMILES string of the molecule is N#C/C=C(\C=C/N)c1cc(Cc2ccc(F)cc2)n(CC(=O)O)n1. The minimum atomic E-state index is -1.04. The van der Waals surface area contributed by atoms with Crippen LogP contribution in [0.2, 0.25) is 0 Å². The van der Waals surface area contributed by atoms with Gasteiger partial charge < -0.3 is 10.8 Å². The van der Waals surface area contributed by atoms with Crippen molar-refractivity contribution in [3.63, 3.8) is 0 Å². The lowest BCUT2D eigenvalue weighted by molar-refractivity contribution is -0.137. The molecule has 0 aliphatic carbocycles. The third-order valence-electron chi connectivity index (χ3n) is 3.24. The number of benzene rings is 1. The molecule has 0 amide bonds. The zero-order valence-electron chi connectivity index (χ0n) is 12.7. The highest BCUT2D eigenvalue weighted by Gasteiger charge is 2.13. The lowest BCUT2D eigenvalue weighted by atomic mass is 10.1. The lowest BCUT2D eigenvalue weighted by Crippen LogP contribution is -2.13. The van der Waals surface area contributed by atoms with Gasteiger partial charge in [-0.25, -0.2) is 4.39 Å². The lowest BCUT2D eigenvalue weighted by Gasteiger charge is -2.04. The van der Waals surface area contributed by atoms with Crippen LogP contribution in [0.15, 0.2) is 48.7 Å². The predicted molar refractivity (Wildman–Crippen MR) is 86.0 cm³/mol. The minimum absolute atomic E-state index is 0.317. The third kappa shape index (κ3) is 4.30. The molecule has 6 nitrogen and oxygen atoms in total. The number of hydrogen-bond donors (Lipinski definition) is 2. The molecule has 0 unspecified atom stereocenters. The molecule has 0 spiro atoms. The second-order valence-corrected chi connectivity index (χ2v) is 4.96. The molecule has 0 saturated carbocycles. The van der Waals surface area contributed by atoms with Gasteiger partial charge in [-0.15, -0.1) is 0 Å². The summed E-state index contributed by atoms with van der Waals surface area (Å²) in [5, 5.41) is 22.1. The van der Waals surface area contributed by atoms with Crippen LogP contribution in [0.4, 0.5) is 4.39 Å². The smallest absolute Gasteiger partial charge is 0.325 e. The van der Waals surface area contributed by atoms with E-state index in [9.17, 15) is 9.18 Å². The topological polar surface area (TPSA) is 105 Å². The van der Waals surface area contributed by atoms with Crippen LogP contribution in [0.3, 0.4) is 0 Å². The molecule has 1 heterocycles. The highest BCUT2D eigenvalue weighted by atomic mass is 19.1. The summed E-state index contributed by atoms with van der Waals surface area (Å²) in [7, 11) is 0. The largest absolute Gasteiger partial charge is 0.480 e. The highest BCUT2D eigenvalue weighted by Crippen LogP contribution is 2.19. The normalized spacial score (nSPS) is 11.6. The summed E-state index contributed by atoms with van der Waals surface area (Å²) in [6.07, 6.45) is 4.45. The van der Waals surface area contributed by atoms with Gasteiger partial charge in [0, 0.05) is 23.8 Å². The first-order valence-corrected chi connectivity index (χ1v) is 7.05. The number of hydrogen-bond acceptors (Lipinski definition) is 4. The van der Waals surface area contributed by atoms with E-state index < -0.39 is 5.97 Å². The molecule has 2 rings (SSSR count). The Hall–Kier alpha value is -3.40. The molecule has 122 valence electrons. The van der Waals surface area contributed by atoms with Crippen molar-refractivity contribution in [3.8, 4) is 6.07 Å². The summed E-state index contributed by atoms with van der Waals surface area (Å²) in [6, 6.07) is 9.52. The fourth-order valence-corrected chi connectivity index (χ4v) is 2.20. The number of carboxylic acids is 1. The van der Waals surface area contributed by atoms with Crippen molar-refractivity contribution < 1.29 is 14.3 Å². The van der Waals surface area contributed by atoms with Gasteiger partial charge in [-0.05, 0) is 36.0 Å². The van der Waals surface area contributed by atoms with Crippen LogP contribution in [0.1, 0.15) is 17.0 Å². The maximum Gasteiger partial charge on any atom is 0.325 e. The average Bonchev–Trinajstić information content (AvgIpc) is 2.91. The number of allylic oxidation sites excluding steroid dienone is 3. The van der Waals surface area contributed by atoms with E-state index in [2.05, 4.69) is 5.10 Å². The fourth-order valence-electron chi connectivity index (χ4n) is 2.20. The predicted octanol–water partition coefficient (Wildman–Crippen LogP) is 2.08. The Kier molecular flexibility index (Phi) is 5.47. The van der Waals surface area contributed by atoms with E-state index in [4.69, 9.17) is 16.1 Å². The average molecular weight is 326 g/mol. The first-order chi connectivity index (χ1) is 11.5.